The third-order valence-electron chi connectivity index (χ3n) is 3.53. The average Bonchev–Trinajstić information content (AvgIpc) is 2.83. The Morgan fingerprint density at radius 3 is 2.88 bits per heavy atom. The van der Waals surface area contributed by atoms with E-state index < -0.39 is 0 Å². The third-order valence-corrected chi connectivity index (χ3v) is 4.40. The number of halogens is 1. The Bertz CT molecular complexity index is 416. The molecule has 0 aliphatic carbocycles. The molecule has 0 spiro atoms. The topological polar surface area (TPSA) is 30.5 Å². The van der Waals surface area contributed by atoms with Gasteiger partial charge in [-0.15, -0.1) is 0 Å². The van der Waals surface area contributed by atoms with Gasteiger partial charge in [-0.3, -0.25) is 0 Å². The molecule has 0 unspecified atom stereocenters. The summed E-state index contributed by atoms with van der Waals surface area (Å²) in [5, 5.41) is 3.40. The molecule has 0 saturated carbocycles. The second-order valence-electron chi connectivity index (χ2n) is 4.67. The summed E-state index contributed by atoms with van der Waals surface area (Å²) in [5.74, 6) is 2.51. The molecular formula is C13H16BrNO2. The first-order valence-electron chi connectivity index (χ1n) is 6.12. The smallest absolute Gasteiger partial charge is 0.231 e. The molecule has 1 aromatic rings. The van der Waals surface area contributed by atoms with E-state index in [-0.39, 0.29) is 0 Å². The number of hydrogen-bond acceptors (Lipinski definition) is 3. The molecule has 0 aromatic heterocycles. The second kappa shape index (κ2) is 4.86. The quantitative estimate of drug-likeness (QED) is 0.910. The first kappa shape index (κ1) is 11.4. The maximum Gasteiger partial charge on any atom is 0.231 e. The lowest BCUT2D eigenvalue weighted by Gasteiger charge is -2.23. The van der Waals surface area contributed by atoms with Gasteiger partial charge in [0, 0.05) is 0 Å². The van der Waals surface area contributed by atoms with Crippen LogP contribution in [-0.2, 0) is 6.42 Å². The number of rotatable bonds is 2. The van der Waals surface area contributed by atoms with E-state index in [0.29, 0.717) is 6.79 Å². The first-order chi connectivity index (χ1) is 8.34. The van der Waals surface area contributed by atoms with Gasteiger partial charge in [0.05, 0.1) is 4.47 Å². The zero-order valence-corrected chi connectivity index (χ0v) is 11.3. The minimum atomic E-state index is 0.338. The van der Waals surface area contributed by atoms with E-state index in [1.165, 1.54) is 18.4 Å². The lowest BCUT2D eigenvalue weighted by molar-refractivity contribution is 0.173. The summed E-state index contributed by atoms with van der Waals surface area (Å²) in [5.41, 5.74) is 1.33. The molecule has 1 saturated heterocycles. The maximum atomic E-state index is 5.48. The molecule has 1 fully saturated rings. The van der Waals surface area contributed by atoms with Gasteiger partial charge in [0.2, 0.25) is 6.79 Å². The molecule has 4 heteroatoms. The largest absolute Gasteiger partial charge is 0.454 e. The van der Waals surface area contributed by atoms with E-state index in [2.05, 4.69) is 27.3 Å². The van der Waals surface area contributed by atoms with Crippen molar-refractivity contribution >= 4 is 15.9 Å². The highest BCUT2D eigenvalue weighted by atomic mass is 79.9. The Morgan fingerprint density at radius 2 is 2.06 bits per heavy atom. The van der Waals surface area contributed by atoms with Gasteiger partial charge in [0.15, 0.2) is 11.5 Å². The van der Waals surface area contributed by atoms with Crippen molar-refractivity contribution in [1.29, 1.82) is 0 Å². The SMILES string of the molecule is Brc1c(CC2CCNCC2)ccc2c1OCO2. The summed E-state index contributed by atoms with van der Waals surface area (Å²) in [7, 11) is 0. The number of hydrogen-bond donors (Lipinski definition) is 1. The molecule has 0 atom stereocenters. The highest BCUT2D eigenvalue weighted by Crippen LogP contribution is 2.41. The van der Waals surface area contributed by atoms with Crippen LogP contribution in [0.25, 0.3) is 0 Å². The highest BCUT2D eigenvalue weighted by molar-refractivity contribution is 9.10. The van der Waals surface area contributed by atoms with Crippen molar-refractivity contribution in [1.82, 2.24) is 5.32 Å². The van der Waals surface area contributed by atoms with E-state index in [1.807, 2.05) is 6.07 Å². The standard InChI is InChI=1S/C13H16BrNO2/c14-12-10(7-9-3-5-15-6-4-9)1-2-11-13(12)17-8-16-11/h1-2,9,15H,3-8H2. The van der Waals surface area contributed by atoms with Crippen molar-refractivity contribution in [3.05, 3.63) is 22.2 Å². The van der Waals surface area contributed by atoms with Crippen LogP contribution in [0.2, 0.25) is 0 Å². The van der Waals surface area contributed by atoms with Crippen LogP contribution in [0.15, 0.2) is 16.6 Å². The van der Waals surface area contributed by atoms with E-state index in [1.54, 1.807) is 0 Å². The summed E-state index contributed by atoms with van der Waals surface area (Å²) < 4.78 is 11.9. The Hall–Kier alpha value is -0.740. The third kappa shape index (κ3) is 2.29. The molecule has 3 nitrogen and oxygen atoms in total. The van der Waals surface area contributed by atoms with Crippen LogP contribution in [-0.4, -0.2) is 19.9 Å². The average molecular weight is 298 g/mol. The molecule has 3 rings (SSSR count). The summed E-state index contributed by atoms with van der Waals surface area (Å²) in [6, 6.07) is 4.17. The van der Waals surface area contributed by atoms with E-state index in [0.717, 1.165) is 41.4 Å². The Labute approximate surface area is 110 Å². The molecule has 17 heavy (non-hydrogen) atoms. The van der Waals surface area contributed by atoms with Crippen LogP contribution >= 0.6 is 15.9 Å². The Kier molecular flexibility index (Phi) is 3.25. The Balaban J connectivity index is 1.78. The van der Waals surface area contributed by atoms with Crippen LogP contribution in [0.5, 0.6) is 11.5 Å². The predicted octanol–water partition coefficient (Wildman–Crippen LogP) is 2.72. The van der Waals surface area contributed by atoms with Crippen molar-refractivity contribution in [2.45, 2.75) is 19.3 Å². The zero-order chi connectivity index (χ0) is 11.7. The van der Waals surface area contributed by atoms with Gasteiger partial charge in [0.1, 0.15) is 0 Å². The molecule has 0 amide bonds. The van der Waals surface area contributed by atoms with Gasteiger partial charge in [0.25, 0.3) is 0 Å². The lowest BCUT2D eigenvalue weighted by Crippen LogP contribution is -2.28. The normalized spacial score (nSPS) is 19.6. The molecule has 0 bridgehead atoms. The van der Waals surface area contributed by atoms with Crippen LogP contribution in [0.3, 0.4) is 0 Å². The van der Waals surface area contributed by atoms with Crippen LogP contribution in [0.1, 0.15) is 18.4 Å². The van der Waals surface area contributed by atoms with Gasteiger partial charge < -0.3 is 14.8 Å². The summed E-state index contributed by atoms with van der Waals surface area (Å²) in [6.07, 6.45) is 3.65. The number of nitrogens with one attached hydrogen (secondary N) is 1. The molecular weight excluding hydrogens is 282 g/mol. The van der Waals surface area contributed by atoms with Crippen molar-refractivity contribution in [3.8, 4) is 11.5 Å². The number of fused-ring (bicyclic) bond motifs is 1. The van der Waals surface area contributed by atoms with Crippen molar-refractivity contribution < 1.29 is 9.47 Å². The maximum absolute atomic E-state index is 5.48. The number of piperidine rings is 1. The molecule has 2 aliphatic heterocycles. The van der Waals surface area contributed by atoms with E-state index in [4.69, 9.17) is 9.47 Å². The van der Waals surface area contributed by atoms with Crippen LogP contribution in [0.4, 0.5) is 0 Å². The van der Waals surface area contributed by atoms with Crippen molar-refractivity contribution in [3.63, 3.8) is 0 Å². The lowest BCUT2D eigenvalue weighted by atomic mass is 9.91. The van der Waals surface area contributed by atoms with Crippen molar-refractivity contribution in [2.75, 3.05) is 19.9 Å². The van der Waals surface area contributed by atoms with Crippen LogP contribution < -0.4 is 14.8 Å². The summed E-state index contributed by atoms with van der Waals surface area (Å²) >= 11 is 3.64. The second-order valence-corrected chi connectivity index (χ2v) is 5.46. The minimum absolute atomic E-state index is 0.338. The van der Waals surface area contributed by atoms with Gasteiger partial charge in [-0.05, 0) is 65.8 Å². The monoisotopic (exact) mass is 297 g/mol. The van der Waals surface area contributed by atoms with Gasteiger partial charge in [-0.1, -0.05) is 6.07 Å². The van der Waals surface area contributed by atoms with Crippen LogP contribution in [0, 0.1) is 5.92 Å². The fourth-order valence-corrected chi connectivity index (χ4v) is 3.14. The highest BCUT2D eigenvalue weighted by Gasteiger charge is 2.21. The number of ether oxygens (including phenoxy) is 2. The molecule has 1 aromatic carbocycles. The fourth-order valence-electron chi connectivity index (χ4n) is 2.53. The molecule has 1 N–H and O–H groups in total. The van der Waals surface area contributed by atoms with Gasteiger partial charge >= 0.3 is 0 Å². The van der Waals surface area contributed by atoms with E-state index in [9.17, 15) is 0 Å². The zero-order valence-electron chi connectivity index (χ0n) is 9.67. The Morgan fingerprint density at radius 1 is 1.24 bits per heavy atom. The van der Waals surface area contributed by atoms with Gasteiger partial charge in [-0.2, -0.15) is 0 Å². The summed E-state index contributed by atoms with van der Waals surface area (Å²) in [4.78, 5) is 0. The molecule has 2 aliphatic rings. The molecule has 0 radical (unpaired) electrons. The van der Waals surface area contributed by atoms with Gasteiger partial charge in [-0.25, -0.2) is 0 Å². The van der Waals surface area contributed by atoms with E-state index >= 15 is 0 Å². The fraction of sp³-hybridized carbons (Fsp3) is 0.538. The summed E-state index contributed by atoms with van der Waals surface area (Å²) in [6.45, 7) is 2.63. The number of benzene rings is 1. The molecule has 92 valence electrons. The predicted molar refractivity (Wildman–Crippen MR) is 69.6 cm³/mol. The van der Waals surface area contributed by atoms with Crippen molar-refractivity contribution in [2.24, 2.45) is 5.92 Å². The minimum Gasteiger partial charge on any atom is -0.454 e. The first-order valence-corrected chi connectivity index (χ1v) is 6.91. The molecule has 2 heterocycles.